The molecule has 3 rings (SSSR count). The van der Waals surface area contributed by atoms with Gasteiger partial charge in [-0.15, -0.1) is 0 Å². The average molecular weight is 331 g/mol. The second-order valence-electron chi connectivity index (χ2n) is 5.86. The van der Waals surface area contributed by atoms with Gasteiger partial charge in [-0.3, -0.25) is 0 Å². The predicted molar refractivity (Wildman–Crippen MR) is 91.1 cm³/mol. The number of rotatable bonds is 6. The van der Waals surface area contributed by atoms with Crippen LogP contribution in [0, 0.1) is 0 Å². The minimum Gasteiger partial charge on any atom is -0.489 e. The van der Waals surface area contributed by atoms with Crippen molar-refractivity contribution in [3.05, 3.63) is 65.7 Å². The number of ether oxygens (including phenoxy) is 1. The van der Waals surface area contributed by atoms with Crippen molar-refractivity contribution in [3.8, 4) is 5.75 Å². The summed E-state index contributed by atoms with van der Waals surface area (Å²) in [5, 5.41) is 3.33. The van der Waals surface area contributed by atoms with Crippen molar-refractivity contribution in [3.63, 3.8) is 0 Å². The first-order chi connectivity index (χ1) is 11.1. The maximum absolute atomic E-state index is 11.5. The van der Waals surface area contributed by atoms with Gasteiger partial charge in [0.15, 0.2) is 9.84 Å². The molecule has 0 amide bonds. The normalized spacial score (nSPS) is 19.6. The van der Waals surface area contributed by atoms with Gasteiger partial charge in [-0.1, -0.05) is 48.5 Å². The lowest BCUT2D eigenvalue weighted by molar-refractivity contribution is 0.301. The molecule has 2 aromatic carbocycles. The molecule has 1 aliphatic heterocycles. The second-order valence-corrected chi connectivity index (χ2v) is 8.09. The highest BCUT2D eigenvalue weighted by atomic mass is 32.2. The monoisotopic (exact) mass is 331 g/mol. The lowest BCUT2D eigenvalue weighted by Gasteiger charge is -2.14. The summed E-state index contributed by atoms with van der Waals surface area (Å²) in [4.78, 5) is 0. The van der Waals surface area contributed by atoms with Crippen LogP contribution >= 0.6 is 0 Å². The molecule has 0 unspecified atom stereocenters. The highest BCUT2D eigenvalue weighted by molar-refractivity contribution is 7.91. The lowest BCUT2D eigenvalue weighted by atomic mass is 10.1. The molecule has 2 aromatic rings. The molecular weight excluding hydrogens is 310 g/mol. The zero-order valence-corrected chi connectivity index (χ0v) is 13.8. The molecule has 4 nitrogen and oxygen atoms in total. The Balaban J connectivity index is 1.59. The van der Waals surface area contributed by atoms with E-state index < -0.39 is 9.84 Å². The lowest BCUT2D eigenvalue weighted by Crippen LogP contribution is -2.29. The van der Waals surface area contributed by atoms with E-state index in [9.17, 15) is 8.42 Å². The molecule has 1 fully saturated rings. The van der Waals surface area contributed by atoms with E-state index in [1.807, 2.05) is 54.6 Å². The van der Waals surface area contributed by atoms with Gasteiger partial charge >= 0.3 is 0 Å². The molecule has 1 aliphatic rings. The fourth-order valence-electron chi connectivity index (χ4n) is 2.74. The molecule has 0 spiro atoms. The van der Waals surface area contributed by atoms with Crippen molar-refractivity contribution in [1.29, 1.82) is 0 Å². The quantitative estimate of drug-likeness (QED) is 0.884. The summed E-state index contributed by atoms with van der Waals surface area (Å²) >= 11 is 0. The van der Waals surface area contributed by atoms with Crippen LogP contribution < -0.4 is 10.1 Å². The minimum atomic E-state index is -2.85. The first kappa shape index (κ1) is 16.0. The Morgan fingerprint density at radius 1 is 1.04 bits per heavy atom. The van der Waals surface area contributed by atoms with Crippen LogP contribution in [0.5, 0.6) is 5.75 Å². The summed E-state index contributed by atoms with van der Waals surface area (Å²) in [6.45, 7) is 1.14. The van der Waals surface area contributed by atoms with Crippen LogP contribution in [0.2, 0.25) is 0 Å². The Morgan fingerprint density at radius 2 is 1.78 bits per heavy atom. The van der Waals surface area contributed by atoms with Crippen LogP contribution in [0.4, 0.5) is 0 Å². The summed E-state index contributed by atoms with van der Waals surface area (Å²) in [5.41, 5.74) is 2.17. The fraction of sp³-hybridized carbons (Fsp3) is 0.333. The standard InChI is InChI=1S/C18H21NO3S/c20-23(21)11-10-17(14-23)19-12-16-8-4-5-9-18(16)22-13-15-6-2-1-3-7-15/h1-9,17,19H,10-14H2/t17-/m0/s1. The van der Waals surface area contributed by atoms with E-state index in [4.69, 9.17) is 4.74 Å². The minimum absolute atomic E-state index is 0.0437. The fourth-order valence-corrected chi connectivity index (χ4v) is 4.44. The van der Waals surface area contributed by atoms with E-state index in [1.54, 1.807) is 0 Å². The smallest absolute Gasteiger partial charge is 0.151 e. The third-order valence-electron chi connectivity index (χ3n) is 4.02. The number of para-hydroxylation sites is 1. The Bertz CT molecular complexity index is 744. The molecule has 1 heterocycles. The van der Waals surface area contributed by atoms with E-state index in [2.05, 4.69) is 5.32 Å². The van der Waals surface area contributed by atoms with Gasteiger partial charge in [-0.05, 0) is 18.1 Å². The van der Waals surface area contributed by atoms with Crippen molar-refractivity contribution in [1.82, 2.24) is 5.32 Å². The molecule has 1 atom stereocenters. The molecule has 0 saturated carbocycles. The van der Waals surface area contributed by atoms with Crippen molar-refractivity contribution in [2.24, 2.45) is 0 Å². The van der Waals surface area contributed by atoms with Crippen molar-refractivity contribution in [2.75, 3.05) is 11.5 Å². The molecule has 1 saturated heterocycles. The van der Waals surface area contributed by atoms with Gasteiger partial charge in [0.2, 0.25) is 0 Å². The van der Waals surface area contributed by atoms with Crippen LogP contribution in [0.25, 0.3) is 0 Å². The van der Waals surface area contributed by atoms with Crippen LogP contribution in [0.15, 0.2) is 54.6 Å². The molecule has 5 heteroatoms. The van der Waals surface area contributed by atoms with E-state index in [0.717, 1.165) is 16.9 Å². The number of benzene rings is 2. The van der Waals surface area contributed by atoms with Gasteiger partial charge in [0.25, 0.3) is 0 Å². The maximum atomic E-state index is 11.5. The molecular formula is C18H21NO3S. The van der Waals surface area contributed by atoms with Gasteiger partial charge in [-0.2, -0.15) is 0 Å². The van der Waals surface area contributed by atoms with E-state index in [-0.39, 0.29) is 17.5 Å². The van der Waals surface area contributed by atoms with Gasteiger partial charge in [0.05, 0.1) is 11.5 Å². The zero-order chi connectivity index (χ0) is 16.1. The summed E-state index contributed by atoms with van der Waals surface area (Å²) in [6.07, 6.45) is 0.690. The molecule has 0 aliphatic carbocycles. The van der Waals surface area contributed by atoms with Crippen LogP contribution in [0.1, 0.15) is 17.5 Å². The summed E-state index contributed by atoms with van der Waals surface area (Å²) < 4.78 is 28.9. The summed E-state index contributed by atoms with van der Waals surface area (Å²) in [7, 11) is -2.85. The maximum Gasteiger partial charge on any atom is 0.151 e. The van der Waals surface area contributed by atoms with Crippen molar-refractivity contribution < 1.29 is 13.2 Å². The number of nitrogens with one attached hydrogen (secondary N) is 1. The van der Waals surface area contributed by atoms with E-state index in [0.29, 0.717) is 19.6 Å². The molecule has 0 radical (unpaired) electrons. The number of sulfone groups is 1. The SMILES string of the molecule is O=S1(=O)CC[C@H](NCc2ccccc2OCc2ccccc2)C1. The Hall–Kier alpha value is -1.85. The van der Waals surface area contributed by atoms with Gasteiger partial charge in [0, 0.05) is 18.2 Å². The van der Waals surface area contributed by atoms with Crippen LogP contribution in [-0.4, -0.2) is 26.0 Å². The molecule has 122 valence electrons. The molecule has 0 aromatic heterocycles. The van der Waals surface area contributed by atoms with E-state index >= 15 is 0 Å². The Kier molecular flexibility index (Phi) is 4.98. The molecule has 0 bridgehead atoms. The first-order valence-electron chi connectivity index (χ1n) is 7.81. The average Bonchev–Trinajstić information content (AvgIpc) is 2.92. The van der Waals surface area contributed by atoms with Gasteiger partial charge < -0.3 is 10.1 Å². The summed E-state index contributed by atoms with van der Waals surface area (Å²) in [5.74, 6) is 1.36. The third-order valence-corrected chi connectivity index (χ3v) is 5.79. The third kappa shape index (κ3) is 4.56. The number of hydrogen-bond donors (Lipinski definition) is 1. The van der Waals surface area contributed by atoms with Crippen molar-refractivity contribution in [2.45, 2.75) is 25.6 Å². The highest BCUT2D eigenvalue weighted by Gasteiger charge is 2.27. The second kappa shape index (κ2) is 7.15. The number of hydrogen-bond acceptors (Lipinski definition) is 4. The Morgan fingerprint density at radius 3 is 2.52 bits per heavy atom. The van der Waals surface area contributed by atoms with Gasteiger partial charge in [0.1, 0.15) is 12.4 Å². The first-order valence-corrected chi connectivity index (χ1v) is 9.63. The zero-order valence-electron chi connectivity index (χ0n) is 12.9. The van der Waals surface area contributed by atoms with Crippen LogP contribution in [0.3, 0.4) is 0 Å². The topological polar surface area (TPSA) is 55.4 Å². The van der Waals surface area contributed by atoms with Crippen molar-refractivity contribution >= 4 is 9.84 Å². The van der Waals surface area contributed by atoms with Crippen LogP contribution in [-0.2, 0) is 23.0 Å². The molecule has 23 heavy (non-hydrogen) atoms. The summed E-state index contributed by atoms with van der Waals surface area (Å²) in [6, 6.07) is 18.0. The van der Waals surface area contributed by atoms with Gasteiger partial charge in [-0.25, -0.2) is 8.42 Å². The molecule has 1 N–H and O–H groups in total. The van der Waals surface area contributed by atoms with E-state index in [1.165, 1.54) is 0 Å². The Labute approximate surface area is 137 Å². The predicted octanol–water partition coefficient (Wildman–Crippen LogP) is 2.54. The largest absolute Gasteiger partial charge is 0.489 e. The highest BCUT2D eigenvalue weighted by Crippen LogP contribution is 2.20.